The fourth-order valence-corrected chi connectivity index (χ4v) is 1.43. The maximum absolute atomic E-state index is 9.30. The fraction of sp³-hybridized carbons (Fsp3) is 0. The summed E-state index contributed by atoms with van der Waals surface area (Å²) in [5, 5.41) is 9.30. The summed E-state index contributed by atoms with van der Waals surface area (Å²) < 4.78 is 0.591. The zero-order valence-electron chi connectivity index (χ0n) is 6.03. The molecular formula is C8H5BrN2O. The number of fused-ring (bicyclic) bond motifs is 1. The van der Waals surface area contributed by atoms with Gasteiger partial charge in [0, 0.05) is 12.4 Å². The highest BCUT2D eigenvalue weighted by atomic mass is 79.9. The predicted octanol–water partition coefficient (Wildman–Crippen LogP) is 2.10. The van der Waals surface area contributed by atoms with Crippen molar-refractivity contribution in [3.05, 3.63) is 29.0 Å². The molecule has 0 aliphatic carbocycles. The molecule has 1 N–H and O–H groups in total. The number of aromatic nitrogens is 2. The maximum atomic E-state index is 9.30. The van der Waals surface area contributed by atoms with E-state index >= 15 is 0 Å². The molecule has 0 aliphatic heterocycles. The van der Waals surface area contributed by atoms with E-state index in [1.807, 2.05) is 0 Å². The number of rotatable bonds is 0. The molecule has 2 aromatic rings. The number of hydrogen-bond donors (Lipinski definition) is 1. The molecule has 0 amide bonds. The Labute approximate surface area is 77.2 Å². The first kappa shape index (κ1) is 7.49. The molecule has 0 spiro atoms. The van der Waals surface area contributed by atoms with E-state index in [1.54, 1.807) is 24.5 Å². The van der Waals surface area contributed by atoms with Crippen LogP contribution in [0.25, 0.3) is 11.0 Å². The second-order valence-corrected chi connectivity index (χ2v) is 3.12. The molecule has 3 nitrogen and oxygen atoms in total. The quantitative estimate of drug-likeness (QED) is 0.746. The molecule has 0 saturated heterocycles. The van der Waals surface area contributed by atoms with E-state index in [-0.39, 0.29) is 5.75 Å². The van der Waals surface area contributed by atoms with Gasteiger partial charge in [-0.1, -0.05) is 0 Å². The van der Waals surface area contributed by atoms with Crippen LogP contribution < -0.4 is 0 Å². The van der Waals surface area contributed by atoms with E-state index < -0.39 is 0 Å². The molecule has 12 heavy (non-hydrogen) atoms. The van der Waals surface area contributed by atoms with Crippen molar-refractivity contribution in [2.75, 3.05) is 0 Å². The Bertz CT molecular complexity index is 430. The molecule has 1 aromatic heterocycles. The average Bonchev–Trinajstić information content (AvgIpc) is 2.12. The van der Waals surface area contributed by atoms with Crippen LogP contribution in [-0.4, -0.2) is 15.1 Å². The molecule has 0 radical (unpaired) electrons. The molecule has 4 heteroatoms. The molecule has 0 saturated carbocycles. The monoisotopic (exact) mass is 224 g/mol. The second-order valence-electron chi connectivity index (χ2n) is 2.32. The Morgan fingerprint density at radius 3 is 2.75 bits per heavy atom. The molecule has 0 atom stereocenters. The van der Waals surface area contributed by atoms with E-state index in [1.165, 1.54) is 0 Å². The molecular weight excluding hydrogens is 220 g/mol. The lowest BCUT2D eigenvalue weighted by Gasteiger charge is -1.99. The van der Waals surface area contributed by atoms with Crippen LogP contribution in [0.4, 0.5) is 0 Å². The van der Waals surface area contributed by atoms with Gasteiger partial charge in [0.05, 0.1) is 9.99 Å². The number of halogens is 1. The molecule has 0 bridgehead atoms. The molecule has 0 unspecified atom stereocenters. The van der Waals surface area contributed by atoms with Gasteiger partial charge in [-0.2, -0.15) is 0 Å². The summed E-state index contributed by atoms with van der Waals surface area (Å²) in [5.74, 6) is 0.183. The Kier molecular flexibility index (Phi) is 1.69. The number of phenolic OH excluding ortho intramolecular Hbond substituents is 1. The van der Waals surface area contributed by atoms with Gasteiger partial charge in [-0.05, 0) is 28.1 Å². The Hall–Kier alpha value is -1.16. The summed E-state index contributed by atoms with van der Waals surface area (Å²) in [4.78, 5) is 8.15. The van der Waals surface area contributed by atoms with Crippen molar-refractivity contribution in [2.24, 2.45) is 0 Å². The average molecular weight is 225 g/mol. The largest absolute Gasteiger partial charge is 0.507 e. The number of nitrogens with zero attached hydrogens (tertiary/aromatic N) is 2. The first-order valence-corrected chi connectivity index (χ1v) is 4.16. The van der Waals surface area contributed by atoms with Crippen molar-refractivity contribution >= 4 is 27.0 Å². The second kappa shape index (κ2) is 2.71. The zero-order chi connectivity index (χ0) is 8.55. The Morgan fingerprint density at radius 2 is 1.92 bits per heavy atom. The lowest BCUT2D eigenvalue weighted by molar-refractivity contribution is 0.473. The summed E-state index contributed by atoms with van der Waals surface area (Å²) in [6.07, 6.45) is 3.21. The van der Waals surface area contributed by atoms with Crippen LogP contribution in [0.3, 0.4) is 0 Å². The summed E-state index contributed by atoms with van der Waals surface area (Å²) >= 11 is 3.23. The van der Waals surface area contributed by atoms with E-state index in [9.17, 15) is 5.11 Å². The van der Waals surface area contributed by atoms with Crippen molar-refractivity contribution in [2.45, 2.75) is 0 Å². The van der Waals surface area contributed by atoms with Crippen LogP contribution in [-0.2, 0) is 0 Å². The van der Waals surface area contributed by atoms with Gasteiger partial charge in [0.25, 0.3) is 0 Å². The summed E-state index contributed by atoms with van der Waals surface area (Å²) in [6, 6.07) is 3.31. The predicted molar refractivity (Wildman–Crippen MR) is 48.9 cm³/mol. The molecule has 1 aromatic carbocycles. The van der Waals surface area contributed by atoms with E-state index in [4.69, 9.17) is 0 Å². The van der Waals surface area contributed by atoms with Gasteiger partial charge in [0.2, 0.25) is 0 Å². The summed E-state index contributed by atoms with van der Waals surface area (Å²) in [7, 11) is 0. The van der Waals surface area contributed by atoms with Gasteiger partial charge < -0.3 is 5.11 Å². The SMILES string of the molecule is Oc1ccc2nccnc2c1Br. The van der Waals surface area contributed by atoms with Gasteiger partial charge in [-0.3, -0.25) is 9.97 Å². The lowest BCUT2D eigenvalue weighted by Crippen LogP contribution is -1.82. The minimum Gasteiger partial charge on any atom is -0.507 e. The number of phenols is 1. The van der Waals surface area contributed by atoms with Crippen LogP contribution in [0.15, 0.2) is 29.0 Å². The normalized spacial score (nSPS) is 10.4. The molecule has 0 fully saturated rings. The smallest absolute Gasteiger partial charge is 0.132 e. The van der Waals surface area contributed by atoms with E-state index in [0.717, 1.165) is 5.52 Å². The molecule has 0 aliphatic rings. The Morgan fingerprint density at radius 1 is 1.17 bits per heavy atom. The minimum atomic E-state index is 0.183. The first-order chi connectivity index (χ1) is 5.79. The number of benzene rings is 1. The fourth-order valence-electron chi connectivity index (χ4n) is 0.992. The van der Waals surface area contributed by atoms with Crippen molar-refractivity contribution in [1.29, 1.82) is 0 Å². The van der Waals surface area contributed by atoms with Crippen molar-refractivity contribution < 1.29 is 5.11 Å². The number of hydrogen-bond acceptors (Lipinski definition) is 3. The van der Waals surface area contributed by atoms with Gasteiger partial charge in [-0.15, -0.1) is 0 Å². The highest BCUT2D eigenvalue weighted by molar-refractivity contribution is 9.10. The van der Waals surface area contributed by atoms with Crippen molar-refractivity contribution in [3.63, 3.8) is 0 Å². The van der Waals surface area contributed by atoms with Gasteiger partial charge >= 0.3 is 0 Å². The highest BCUT2D eigenvalue weighted by Crippen LogP contribution is 2.29. The lowest BCUT2D eigenvalue weighted by atomic mass is 10.3. The first-order valence-electron chi connectivity index (χ1n) is 3.37. The molecule has 2 rings (SSSR count). The van der Waals surface area contributed by atoms with Crippen LogP contribution in [0, 0.1) is 0 Å². The highest BCUT2D eigenvalue weighted by Gasteiger charge is 2.03. The van der Waals surface area contributed by atoms with E-state index in [0.29, 0.717) is 9.99 Å². The van der Waals surface area contributed by atoms with Crippen molar-refractivity contribution in [1.82, 2.24) is 9.97 Å². The Balaban J connectivity index is 2.91. The van der Waals surface area contributed by atoms with Gasteiger partial charge in [0.1, 0.15) is 11.3 Å². The zero-order valence-corrected chi connectivity index (χ0v) is 7.62. The van der Waals surface area contributed by atoms with Crippen molar-refractivity contribution in [3.8, 4) is 5.75 Å². The van der Waals surface area contributed by atoms with Gasteiger partial charge in [-0.25, -0.2) is 0 Å². The van der Waals surface area contributed by atoms with Crippen LogP contribution >= 0.6 is 15.9 Å². The third-order valence-corrected chi connectivity index (χ3v) is 2.34. The molecule has 1 heterocycles. The minimum absolute atomic E-state index is 0.183. The van der Waals surface area contributed by atoms with Crippen LogP contribution in [0.1, 0.15) is 0 Å². The topological polar surface area (TPSA) is 46.0 Å². The van der Waals surface area contributed by atoms with E-state index in [2.05, 4.69) is 25.9 Å². The third kappa shape index (κ3) is 1.04. The van der Waals surface area contributed by atoms with Crippen LogP contribution in [0.5, 0.6) is 5.75 Å². The van der Waals surface area contributed by atoms with Gasteiger partial charge in [0.15, 0.2) is 0 Å². The maximum Gasteiger partial charge on any atom is 0.132 e. The van der Waals surface area contributed by atoms with Crippen LogP contribution in [0.2, 0.25) is 0 Å². The standard InChI is InChI=1S/C8H5BrN2O/c9-7-6(12)2-1-5-8(7)11-4-3-10-5/h1-4,12H. The molecule has 60 valence electrons. The number of aromatic hydroxyl groups is 1. The summed E-state index contributed by atoms with van der Waals surface area (Å²) in [6.45, 7) is 0. The summed E-state index contributed by atoms with van der Waals surface area (Å²) in [5.41, 5.74) is 1.44. The third-order valence-electron chi connectivity index (χ3n) is 1.56.